The van der Waals surface area contributed by atoms with Crippen molar-refractivity contribution >= 4 is 17.5 Å². The molecule has 0 bridgehead atoms. The minimum Gasteiger partial charge on any atom is -0.340 e. The maximum atomic E-state index is 12.6. The quantitative estimate of drug-likeness (QED) is 0.892. The summed E-state index contributed by atoms with van der Waals surface area (Å²) in [5, 5.41) is 2.81. The fraction of sp³-hybridized carbons (Fsp3) is 0.500. The van der Waals surface area contributed by atoms with Crippen LogP contribution < -0.4 is 10.2 Å². The molecular weight excluding hydrogens is 252 g/mol. The molecule has 1 aromatic rings. The summed E-state index contributed by atoms with van der Waals surface area (Å²) < 4.78 is 0. The number of benzene rings is 1. The summed E-state index contributed by atoms with van der Waals surface area (Å²) in [5.74, 6) is -0.105. The molecule has 0 saturated carbocycles. The number of nitrogens with one attached hydrogen (secondary N) is 1. The molecule has 1 heterocycles. The lowest BCUT2D eigenvalue weighted by Gasteiger charge is -2.39. The van der Waals surface area contributed by atoms with Gasteiger partial charge in [0.05, 0.1) is 0 Å². The maximum Gasteiger partial charge on any atom is 0.252 e. The number of carbonyl (C=O) groups is 2. The molecule has 1 aliphatic heterocycles. The average molecular weight is 272 g/mol. The summed E-state index contributed by atoms with van der Waals surface area (Å²) in [4.78, 5) is 26.2. The van der Waals surface area contributed by atoms with E-state index in [1.807, 2.05) is 13.0 Å². The standard InChI is InChI=1S/C16H20N2O2/c1-3-16(2)15(20)18(10-14(19)17-16)13-8-7-11-5-4-6-12(11)9-13/h7-9H,3-6,10H2,1-2H3,(H,17,19). The Hall–Kier alpha value is -1.84. The summed E-state index contributed by atoms with van der Waals surface area (Å²) in [7, 11) is 0. The van der Waals surface area contributed by atoms with Crippen LogP contribution in [0.4, 0.5) is 5.69 Å². The van der Waals surface area contributed by atoms with E-state index in [0.717, 1.165) is 18.5 Å². The molecule has 3 rings (SSSR count). The van der Waals surface area contributed by atoms with Crippen LogP contribution in [0.15, 0.2) is 18.2 Å². The highest BCUT2D eigenvalue weighted by atomic mass is 16.2. The van der Waals surface area contributed by atoms with Gasteiger partial charge in [-0.1, -0.05) is 13.0 Å². The van der Waals surface area contributed by atoms with Gasteiger partial charge in [0.1, 0.15) is 12.1 Å². The molecule has 1 fully saturated rings. The highest BCUT2D eigenvalue weighted by molar-refractivity contribution is 6.08. The summed E-state index contributed by atoms with van der Waals surface area (Å²) in [6.07, 6.45) is 3.97. The van der Waals surface area contributed by atoms with Gasteiger partial charge in [-0.25, -0.2) is 0 Å². The first-order valence-corrected chi connectivity index (χ1v) is 7.28. The Morgan fingerprint density at radius 1 is 1.25 bits per heavy atom. The van der Waals surface area contributed by atoms with E-state index >= 15 is 0 Å². The number of hydrogen-bond donors (Lipinski definition) is 1. The summed E-state index contributed by atoms with van der Waals surface area (Å²) in [5.41, 5.74) is 2.76. The first kappa shape index (κ1) is 13.2. The van der Waals surface area contributed by atoms with Crippen molar-refractivity contribution in [3.63, 3.8) is 0 Å². The minimum atomic E-state index is -0.783. The first-order valence-electron chi connectivity index (χ1n) is 7.28. The van der Waals surface area contributed by atoms with Crippen LogP contribution in [0.1, 0.15) is 37.8 Å². The predicted octanol–water partition coefficient (Wildman–Crippen LogP) is 1.81. The molecule has 2 aliphatic rings. The van der Waals surface area contributed by atoms with Crippen molar-refractivity contribution in [3.8, 4) is 0 Å². The molecule has 1 saturated heterocycles. The number of piperazine rings is 1. The summed E-state index contributed by atoms with van der Waals surface area (Å²) in [6, 6.07) is 6.15. The average Bonchev–Trinajstić information content (AvgIpc) is 2.90. The molecule has 1 aliphatic carbocycles. The number of aryl methyl sites for hydroxylation is 2. The summed E-state index contributed by atoms with van der Waals surface area (Å²) >= 11 is 0. The molecule has 4 nitrogen and oxygen atoms in total. The molecule has 1 aromatic carbocycles. The van der Waals surface area contributed by atoms with E-state index in [1.165, 1.54) is 17.5 Å². The number of anilines is 1. The molecule has 1 atom stereocenters. The van der Waals surface area contributed by atoms with Gasteiger partial charge in [-0.15, -0.1) is 0 Å². The minimum absolute atomic E-state index is 0.0162. The molecule has 0 aromatic heterocycles. The van der Waals surface area contributed by atoms with Crippen LogP contribution in [-0.2, 0) is 22.4 Å². The van der Waals surface area contributed by atoms with Gasteiger partial charge in [0.2, 0.25) is 5.91 Å². The van der Waals surface area contributed by atoms with Crippen molar-refractivity contribution in [1.82, 2.24) is 5.32 Å². The zero-order valence-corrected chi connectivity index (χ0v) is 12.0. The maximum absolute atomic E-state index is 12.6. The Balaban J connectivity index is 1.96. The second-order valence-electron chi connectivity index (χ2n) is 5.93. The van der Waals surface area contributed by atoms with Crippen molar-refractivity contribution < 1.29 is 9.59 Å². The normalized spacial score (nSPS) is 25.6. The lowest BCUT2D eigenvalue weighted by molar-refractivity contribution is -0.135. The van der Waals surface area contributed by atoms with Gasteiger partial charge in [0.25, 0.3) is 5.91 Å². The van der Waals surface area contributed by atoms with Crippen molar-refractivity contribution in [2.75, 3.05) is 11.4 Å². The fourth-order valence-corrected chi connectivity index (χ4v) is 3.09. The van der Waals surface area contributed by atoms with E-state index in [2.05, 4.69) is 17.4 Å². The number of fused-ring (bicyclic) bond motifs is 1. The van der Waals surface area contributed by atoms with Crippen LogP contribution in [-0.4, -0.2) is 23.9 Å². The fourth-order valence-electron chi connectivity index (χ4n) is 3.09. The topological polar surface area (TPSA) is 49.4 Å². The van der Waals surface area contributed by atoms with Gasteiger partial charge in [-0.2, -0.15) is 0 Å². The van der Waals surface area contributed by atoms with Gasteiger partial charge < -0.3 is 10.2 Å². The van der Waals surface area contributed by atoms with Crippen LogP contribution in [0.2, 0.25) is 0 Å². The number of hydrogen-bond acceptors (Lipinski definition) is 2. The Bertz CT molecular complexity index is 582. The zero-order chi connectivity index (χ0) is 14.3. The van der Waals surface area contributed by atoms with E-state index < -0.39 is 5.54 Å². The van der Waals surface area contributed by atoms with Crippen molar-refractivity contribution in [3.05, 3.63) is 29.3 Å². The van der Waals surface area contributed by atoms with E-state index in [0.29, 0.717) is 6.42 Å². The van der Waals surface area contributed by atoms with Crippen molar-refractivity contribution in [2.45, 2.75) is 45.1 Å². The number of amides is 2. The van der Waals surface area contributed by atoms with E-state index in [-0.39, 0.29) is 18.4 Å². The molecular formula is C16H20N2O2. The smallest absolute Gasteiger partial charge is 0.252 e. The van der Waals surface area contributed by atoms with Crippen LogP contribution in [0.25, 0.3) is 0 Å². The first-order chi connectivity index (χ1) is 9.53. The molecule has 1 unspecified atom stereocenters. The Morgan fingerprint density at radius 3 is 2.75 bits per heavy atom. The molecule has 20 heavy (non-hydrogen) atoms. The number of nitrogens with zero attached hydrogens (tertiary/aromatic N) is 1. The Kier molecular flexibility index (Phi) is 3.04. The Labute approximate surface area is 119 Å². The molecule has 2 amide bonds. The third-order valence-corrected chi connectivity index (χ3v) is 4.54. The van der Waals surface area contributed by atoms with E-state index in [4.69, 9.17) is 0 Å². The third kappa shape index (κ3) is 1.99. The van der Waals surface area contributed by atoms with Crippen LogP contribution in [0, 0.1) is 0 Å². The van der Waals surface area contributed by atoms with Gasteiger partial charge >= 0.3 is 0 Å². The van der Waals surface area contributed by atoms with Crippen LogP contribution in [0.5, 0.6) is 0 Å². The third-order valence-electron chi connectivity index (χ3n) is 4.54. The van der Waals surface area contributed by atoms with E-state index in [1.54, 1.807) is 11.8 Å². The predicted molar refractivity (Wildman–Crippen MR) is 77.7 cm³/mol. The molecule has 4 heteroatoms. The monoisotopic (exact) mass is 272 g/mol. The Morgan fingerprint density at radius 2 is 2.00 bits per heavy atom. The second kappa shape index (κ2) is 4.62. The lowest BCUT2D eigenvalue weighted by Crippen LogP contribution is -2.65. The van der Waals surface area contributed by atoms with Crippen LogP contribution in [0.3, 0.4) is 0 Å². The molecule has 0 spiro atoms. The second-order valence-corrected chi connectivity index (χ2v) is 5.93. The van der Waals surface area contributed by atoms with Crippen molar-refractivity contribution in [1.29, 1.82) is 0 Å². The van der Waals surface area contributed by atoms with Gasteiger partial charge in [-0.3, -0.25) is 9.59 Å². The largest absolute Gasteiger partial charge is 0.340 e. The van der Waals surface area contributed by atoms with E-state index in [9.17, 15) is 9.59 Å². The number of rotatable bonds is 2. The SMILES string of the molecule is CCC1(C)NC(=O)CN(c2ccc3c(c2)CCC3)C1=O. The molecule has 106 valence electrons. The van der Waals surface area contributed by atoms with Gasteiger partial charge in [0.15, 0.2) is 0 Å². The van der Waals surface area contributed by atoms with Gasteiger partial charge in [0, 0.05) is 5.69 Å². The highest BCUT2D eigenvalue weighted by Gasteiger charge is 2.42. The van der Waals surface area contributed by atoms with Gasteiger partial charge in [-0.05, 0) is 55.9 Å². The lowest BCUT2D eigenvalue weighted by atomic mass is 9.93. The van der Waals surface area contributed by atoms with Crippen molar-refractivity contribution in [2.24, 2.45) is 0 Å². The molecule has 1 N–H and O–H groups in total. The molecule has 0 radical (unpaired) electrons. The zero-order valence-electron chi connectivity index (χ0n) is 12.0. The number of carbonyl (C=O) groups excluding carboxylic acids is 2. The van der Waals surface area contributed by atoms with Crippen LogP contribution >= 0.6 is 0 Å². The highest BCUT2D eigenvalue weighted by Crippen LogP contribution is 2.29. The summed E-state index contributed by atoms with van der Waals surface area (Å²) in [6.45, 7) is 3.84.